The second kappa shape index (κ2) is 2.92. The maximum Gasteiger partial charge on any atom is 0.240 e. The van der Waals surface area contributed by atoms with Crippen molar-refractivity contribution in [3.8, 4) is 16.6 Å². The van der Waals surface area contributed by atoms with Gasteiger partial charge >= 0.3 is 0 Å². The van der Waals surface area contributed by atoms with Crippen molar-refractivity contribution in [3.05, 3.63) is 23.1 Å². The van der Waals surface area contributed by atoms with E-state index in [2.05, 4.69) is 5.16 Å². The van der Waals surface area contributed by atoms with Crippen molar-refractivity contribution in [2.75, 3.05) is 5.73 Å². The molecule has 0 atom stereocenters. The number of rotatable bonds is 1. The van der Waals surface area contributed by atoms with E-state index < -0.39 is 0 Å². The van der Waals surface area contributed by atoms with E-state index in [1.807, 2.05) is 23.6 Å². The summed E-state index contributed by atoms with van der Waals surface area (Å²) in [6.07, 6.45) is 0. The van der Waals surface area contributed by atoms with Crippen LogP contribution in [-0.2, 0) is 0 Å². The predicted molar refractivity (Wildman–Crippen MR) is 48.9 cm³/mol. The zero-order valence-corrected chi connectivity index (χ0v) is 7.34. The molecular weight excluding hydrogens is 186 g/mol. The monoisotopic (exact) mass is 191 g/mol. The molecule has 0 fully saturated rings. The van der Waals surface area contributed by atoms with E-state index in [4.69, 9.17) is 15.5 Å². The summed E-state index contributed by atoms with van der Waals surface area (Å²) >= 11 is 1.49. The lowest BCUT2D eigenvalue weighted by Crippen LogP contribution is -1.84. The maximum absolute atomic E-state index is 8.76. The van der Waals surface area contributed by atoms with Crippen molar-refractivity contribution in [1.82, 2.24) is 5.16 Å². The molecule has 0 aromatic carbocycles. The van der Waals surface area contributed by atoms with Gasteiger partial charge < -0.3 is 10.3 Å². The van der Waals surface area contributed by atoms with E-state index in [-0.39, 0.29) is 5.88 Å². The highest BCUT2D eigenvalue weighted by Gasteiger charge is 2.15. The summed E-state index contributed by atoms with van der Waals surface area (Å²) in [5, 5.41) is 14.4. The number of aromatic nitrogens is 1. The number of hydrogen-bond acceptors (Lipinski definition) is 5. The average Bonchev–Trinajstić information content (AvgIpc) is 2.71. The minimum absolute atomic E-state index is 0.0749. The van der Waals surface area contributed by atoms with E-state index >= 15 is 0 Å². The minimum atomic E-state index is 0.0749. The smallest absolute Gasteiger partial charge is 0.240 e. The van der Waals surface area contributed by atoms with Crippen LogP contribution < -0.4 is 5.73 Å². The van der Waals surface area contributed by atoms with Gasteiger partial charge in [0.15, 0.2) is 0 Å². The molecule has 0 aliphatic carbocycles. The third kappa shape index (κ3) is 1.17. The zero-order chi connectivity index (χ0) is 9.26. The van der Waals surface area contributed by atoms with Crippen molar-refractivity contribution in [2.45, 2.75) is 0 Å². The Labute approximate surface area is 78.2 Å². The summed E-state index contributed by atoms with van der Waals surface area (Å²) < 4.78 is 4.72. The molecule has 0 bridgehead atoms. The number of anilines is 1. The van der Waals surface area contributed by atoms with Gasteiger partial charge in [-0.05, 0) is 11.4 Å². The first kappa shape index (κ1) is 7.83. The Kier molecular flexibility index (Phi) is 1.76. The predicted octanol–water partition coefficient (Wildman–Crippen LogP) is 1.86. The second-order valence-electron chi connectivity index (χ2n) is 2.36. The summed E-state index contributed by atoms with van der Waals surface area (Å²) in [4.78, 5) is 0.886. The number of nitrogens with two attached hydrogens (primary N) is 1. The van der Waals surface area contributed by atoms with Gasteiger partial charge in [0.05, 0.1) is 4.88 Å². The Morgan fingerprint density at radius 3 is 3.08 bits per heavy atom. The van der Waals surface area contributed by atoms with Crippen molar-refractivity contribution in [2.24, 2.45) is 0 Å². The molecule has 2 aromatic heterocycles. The number of hydrogen-bond donors (Lipinski definition) is 1. The van der Waals surface area contributed by atoms with Crippen LogP contribution in [0.3, 0.4) is 0 Å². The summed E-state index contributed by atoms with van der Waals surface area (Å²) in [7, 11) is 0. The summed E-state index contributed by atoms with van der Waals surface area (Å²) in [5.74, 6) is 0.0749. The first-order valence-electron chi connectivity index (χ1n) is 3.52. The SMILES string of the molecule is N#Cc1c(-c2cccs2)noc1N. The lowest BCUT2D eigenvalue weighted by Gasteiger charge is -1.86. The highest BCUT2D eigenvalue weighted by atomic mass is 32.1. The average molecular weight is 191 g/mol. The van der Waals surface area contributed by atoms with E-state index in [0.29, 0.717) is 11.3 Å². The van der Waals surface area contributed by atoms with Crippen LogP contribution in [-0.4, -0.2) is 5.16 Å². The number of nitrogen functional groups attached to an aromatic ring is 1. The first-order valence-corrected chi connectivity index (χ1v) is 4.40. The molecule has 0 aliphatic heterocycles. The molecule has 5 heteroatoms. The Morgan fingerprint density at radius 1 is 1.62 bits per heavy atom. The fourth-order valence-corrected chi connectivity index (χ4v) is 1.70. The molecular formula is C8H5N3OS. The lowest BCUT2D eigenvalue weighted by atomic mass is 10.2. The molecule has 0 saturated carbocycles. The molecule has 2 heterocycles. The van der Waals surface area contributed by atoms with Crippen LogP contribution in [0, 0.1) is 11.3 Å². The van der Waals surface area contributed by atoms with Crippen LogP contribution in [0.4, 0.5) is 5.88 Å². The largest absolute Gasteiger partial charge is 0.366 e. The molecule has 2 N–H and O–H groups in total. The number of nitriles is 1. The highest BCUT2D eigenvalue weighted by molar-refractivity contribution is 7.13. The normalized spacial score (nSPS) is 9.77. The Bertz CT molecular complexity index is 452. The van der Waals surface area contributed by atoms with E-state index in [0.717, 1.165) is 4.88 Å². The molecule has 0 saturated heterocycles. The lowest BCUT2D eigenvalue weighted by molar-refractivity contribution is 0.439. The Hall–Kier alpha value is -1.80. The summed E-state index contributed by atoms with van der Waals surface area (Å²) in [6, 6.07) is 5.70. The van der Waals surface area contributed by atoms with Gasteiger partial charge in [-0.25, -0.2) is 0 Å². The van der Waals surface area contributed by atoms with Crippen molar-refractivity contribution >= 4 is 17.2 Å². The zero-order valence-electron chi connectivity index (χ0n) is 6.52. The molecule has 4 nitrogen and oxygen atoms in total. The van der Waals surface area contributed by atoms with E-state index in [9.17, 15) is 0 Å². The van der Waals surface area contributed by atoms with Crippen molar-refractivity contribution in [3.63, 3.8) is 0 Å². The van der Waals surface area contributed by atoms with Gasteiger partial charge in [-0.2, -0.15) is 5.26 Å². The van der Waals surface area contributed by atoms with Gasteiger partial charge in [0.25, 0.3) is 0 Å². The van der Waals surface area contributed by atoms with E-state index in [1.165, 1.54) is 11.3 Å². The van der Waals surface area contributed by atoms with E-state index in [1.54, 1.807) is 0 Å². The Morgan fingerprint density at radius 2 is 2.46 bits per heavy atom. The standard InChI is InChI=1S/C8H5N3OS/c9-4-5-7(11-12-8(5)10)6-2-1-3-13-6/h1-3H,10H2. The topological polar surface area (TPSA) is 75.8 Å². The number of thiophene rings is 1. The van der Waals surface area contributed by atoms with Crippen LogP contribution in [0.15, 0.2) is 22.0 Å². The molecule has 0 radical (unpaired) electrons. The molecule has 0 spiro atoms. The Balaban J connectivity index is 2.60. The van der Waals surface area contributed by atoms with Gasteiger partial charge in [-0.15, -0.1) is 11.3 Å². The van der Waals surface area contributed by atoms with Gasteiger partial charge in [0.2, 0.25) is 5.88 Å². The van der Waals surface area contributed by atoms with Gasteiger partial charge in [-0.1, -0.05) is 11.2 Å². The third-order valence-electron chi connectivity index (χ3n) is 1.58. The second-order valence-corrected chi connectivity index (χ2v) is 3.31. The molecule has 64 valence electrons. The third-order valence-corrected chi connectivity index (χ3v) is 2.46. The minimum Gasteiger partial charge on any atom is -0.366 e. The van der Waals surface area contributed by atoms with Crippen molar-refractivity contribution in [1.29, 1.82) is 5.26 Å². The van der Waals surface area contributed by atoms with Gasteiger partial charge in [-0.3, -0.25) is 0 Å². The number of nitrogens with zero attached hydrogens (tertiary/aromatic N) is 2. The molecule has 2 aromatic rings. The maximum atomic E-state index is 8.76. The highest BCUT2D eigenvalue weighted by Crippen LogP contribution is 2.29. The van der Waals surface area contributed by atoms with Crippen LogP contribution in [0.2, 0.25) is 0 Å². The van der Waals surface area contributed by atoms with Gasteiger partial charge in [0, 0.05) is 0 Å². The quantitative estimate of drug-likeness (QED) is 0.746. The fourth-order valence-electron chi connectivity index (χ4n) is 0.992. The van der Waals surface area contributed by atoms with Crippen LogP contribution in [0.25, 0.3) is 10.6 Å². The molecule has 0 aliphatic rings. The fraction of sp³-hybridized carbons (Fsp3) is 0. The molecule has 13 heavy (non-hydrogen) atoms. The summed E-state index contributed by atoms with van der Waals surface area (Å²) in [6.45, 7) is 0. The van der Waals surface area contributed by atoms with Crippen LogP contribution >= 0.6 is 11.3 Å². The molecule has 0 amide bonds. The van der Waals surface area contributed by atoms with Crippen molar-refractivity contribution < 1.29 is 4.52 Å². The van der Waals surface area contributed by atoms with Crippen LogP contribution in [0.1, 0.15) is 5.56 Å². The van der Waals surface area contributed by atoms with Gasteiger partial charge in [0.1, 0.15) is 17.3 Å². The summed E-state index contributed by atoms with van der Waals surface area (Å²) in [5.41, 5.74) is 6.24. The molecule has 0 unspecified atom stereocenters. The first-order chi connectivity index (χ1) is 6.33. The molecule has 2 rings (SSSR count). The van der Waals surface area contributed by atoms with Crippen LogP contribution in [0.5, 0.6) is 0 Å².